The zero-order chi connectivity index (χ0) is 11.5. The highest BCUT2D eigenvalue weighted by molar-refractivity contribution is 5.97. The Morgan fingerprint density at radius 3 is 2.47 bits per heavy atom. The fourth-order valence-electron chi connectivity index (χ4n) is 1.21. The number of rotatable bonds is 1. The summed E-state index contributed by atoms with van der Waals surface area (Å²) in [4.78, 5) is 11.8. The molecule has 0 radical (unpaired) electrons. The molecule has 0 atom stereocenters. The van der Waals surface area contributed by atoms with Gasteiger partial charge in [0.05, 0.1) is 5.56 Å². The highest BCUT2D eigenvalue weighted by Gasteiger charge is 2.16. The van der Waals surface area contributed by atoms with Crippen LogP contribution in [0.4, 0.5) is 0 Å². The average Bonchev–Trinajstić information content (AvgIpc) is 2.15. The van der Waals surface area contributed by atoms with E-state index in [0.29, 0.717) is 11.1 Å². The highest BCUT2D eigenvalue weighted by atomic mass is 16.1. The molecule has 0 saturated heterocycles. The Labute approximate surface area is 90.7 Å². The van der Waals surface area contributed by atoms with Crippen LogP contribution in [0.2, 0.25) is 0 Å². The van der Waals surface area contributed by atoms with E-state index in [1.165, 1.54) is 0 Å². The molecule has 0 heterocycles. The zero-order valence-corrected chi connectivity index (χ0v) is 9.29. The van der Waals surface area contributed by atoms with Crippen molar-refractivity contribution >= 4 is 5.91 Å². The second kappa shape index (κ2) is 4.18. The fraction of sp³-hybridized carbons (Fsp3) is 0.308. The number of amides is 1. The molecule has 0 fully saturated rings. The van der Waals surface area contributed by atoms with E-state index in [9.17, 15) is 4.79 Å². The summed E-state index contributed by atoms with van der Waals surface area (Å²) < 4.78 is 0. The van der Waals surface area contributed by atoms with E-state index in [0.717, 1.165) is 0 Å². The molecule has 0 saturated carbocycles. The van der Waals surface area contributed by atoms with Gasteiger partial charge in [-0.25, -0.2) is 0 Å². The van der Waals surface area contributed by atoms with Gasteiger partial charge in [0.2, 0.25) is 0 Å². The molecule has 15 heavy (non-hydrogen) atoms. The van der Waals surface area contributed by atoms with Crippen molar-refractivity contribution in [1.29, 1.82) is 0 Å². The molecule has 0 aliphatic heterocycles. The molecule has 2 heteroatoms. The van der Waals surface area contributed by atoms with E-state index in [1.54, 1.807) is 18.2 Å². The predicted molar refractivity (Wildman–Crippen MR) is 61.6 cm³/mol. The number of terminal acetylenes is 1. The Morgan fingerprint density at radius 1 is 1.33 bits per heavy atom. The molecule has 78 valence electrons. The molecule has 1 rings (SSSR count). The van der Waals surface area contributed by atoms with E-state index < -0.39 is 0 Å². The molecule has 0 aliphatic carbocycles. The Kier molecular flexibility index (Phi) is 3.16. The first-order valence-corrected chi connectivity index (χ1v) is 4.82. The molecule has 0 bridgehead atoms. The quantitative estimate of drug-likeness (QED) is 0.693. The van der Waals surface area contributed by atoms with Gasteiger partial charge in [-0.05, 0) is 32.9 Å². The van der Waals surface area contributed by atoms with Gasteiger partial charge >= 0.3 is 0 Å². The number of hydrogen-bond acceptors (Lipinski definition) is 1. The van der Waals surface area contributed by atoms with Crippen molar-refractivity contribution in [3.05, 3.63) is 35.4 Å². The maximum Gasteiger partial charge on any atom is 0.252 e. The lowest BCUT2D eigenvalue weighted by Crippen LogP contribution is -2.40. The second-order valence-corrected chi connectivity index (χ2v) is 4.39. The lowest BCUT2D eigenvalue weighted by atomic mass is 10.0. The molecule has 0 aromatic heterocycles. The van der Waals surface area contributed by atoms with Gasteiger partial charge in [-0.1, -0.05) is 18.1 Å². The third-order valence-electron chi connectivity index (χ3n) is 1.82. The smallest absolute Gasteiger partial charge is 0.252 e. The first kappa shape index (κ1) is 11.3. The third kappa shape index (κ3) is 3.14. The van der Waals surface area contributed by atoms with Crippen LogP contribution in [0.3, 0.4) is 0 Å². The monoisotopic (exact) mass is 201 g/mol. The topological polar surface area (TPSA) is 29.1 Å². The van der Waals surface area contributed by atoms with Crippen LogP contribution in [0.5, 0.6) is 0 Å². The van der Waals surface area contributed by atoms with Gasteiger partial charge in [0.1, 0.15) is 0 Å². The number of hydrogen-bond donors (Lipinski definition) is 1. The van der Waals surface area contributed by atoms with Crippen molar-refractivity contribution in [3.63, 3.8) is 0 Å². The SMILES string of the molecule is C#Cc1ccccc1C(=O)NC(C)(C)C. The third-order valence-corrected chi connectivity index (χ3v) is 1.82. The van der Waals surface area contributed by atoms with Crippen LogP contribution in [-0.4, -0.2) is 11.4 Å². The molecule has 2 nitrogen and oxygen atoms in total. The van der Waals surface area contributed by atoms with E-state index in [4.69, 9.17) is 6.42 Å². The number of nitrogens with one attached hydrogen (secondary N) is 1. The van der Waals surface area contributed by atoms with Gasteiger partial charge in [-0.15, -0.1) is 6.42 Å². The van der Waals surface area contributed by atoms with E-state index in [-0.39, 0.29) is 11.4 Å². The standard InChI is InChI=1S/C13H15NO/c1-5-10-8-6-7-9-11(10)12(15)14-13(2,3)4/h1,6-9H,2-4H3,(H,14,15). The lowest BCUT2D eigenvalue weighted by Gasteiger charge is -2.20. The van der Waals surface area contributed by atoms with Crippen LogP contribution in [0, 0.1) is 12.3 Å². The van der Waals surface area contributed by atoms with Crippen molar-refractivity contribution in [2.45, 2.75) is 26.3 Å². The van der Waals surface area contributed by atoms with Crippen LogP contribution in [-0.2, 0) is 0 Å². The van der Waals surface area contributed by atoms with Gasteiger partial charge in [-0.3, -0.25) is 4.79 Å². The summed E-state index contributed by atoms with van der Waals surface area (Å²) in [7, 11) is 0. The van der Waals surface area contributed by atoms with Crippen LogP contribution < -0.4 is 5.32 Å². The summed E-state index contributed by atoms with van der Waals surface area (Å²) in [6, 6.07) is 7.12. The van der Waals surface area contributed by atoms with E-state index in [2.05, 4.69) is 11.2 Å². The molecule has 0 aliphatic rings. The summed E-state index contributed by atoms with van der Waals surface area (Å²) in [6.07, 6.45) is 5.32. The minimum Gasteiger partial charge on any atom is -0.347 e. The maximum absolute atomic E-state index is 11.8. The van der Waals surface area contributed by atoms with Crippen LogP contribution in [0.1, 0.15) is 36.7 Å². The Bertz CT molecular complexity index is 407. The number of carbonyl (C=O) groups is 1. The second-order valence-electron chi connectivity index (χ2n) is 4.39. The molecular formula is C13H15NO. The van der Waals surface area contributed by atoms with Crippen molar-refractivity contribution in [1.82, 2.24) is 5.32 Å². The number of carbonyl (C=O) groups excluding carboxylic acids is 1. The van der Waals surface area contributed by atoms with Crippen molar-refractivity contribution < 1.29 is 4.79 Å². The predicted octanol–water partition coefficient (Wildman–Crippen LogP) is 2.20. The molecule has 1 aromatic carbocycles. The lowest BCUT2D eigenvalue weighted by molar-refractivity contribution is 0.0919. The first-order chi connectivity index (χ1) is 6.94. The van der Waals surface area contributed by atoms with Gasteiger partial charge in [-0.2, -0.15) is 0 Å². The molecule has 1 amide bonds. The largest absolute Gasteiger partial charge is 0.347 e. The molecule has 0 spiro atoms. The average molecular weight is 201 g/mol. The molecule has 0 unspecified atom stereocenters. The van der Waals surface area contributed by atoms with Crippen LogP contribution in [0.25, 0.3) is 0 Å². The molecule has 1 aromatic rings. The molecule has 1 N–H and O–H groups in total. The van der Waals surface area contributed by atoms with E-state index in [1.807, 2.05) is 26.8 Å². The minimum absolute atomic E-state index is 0.129. The summed E-state index contributed by atoms with van der Waals surface area (Å²) in [5.74, 6) is 2.37. The molecular weight excluding hydrogens is 186 g/mol. The highest BCUT2D eigenvalue weighted by Crippen LogP contribution is 2.09. The van der Waals surface area contributed by atoms with E-state index >= 15 is 0 Å². The maximum atomic E-state index is 11.8. The summed E-state index contributed by atoms with van der Waals surface area (Å²) in [6.45, 7) is 5.80. The number of benzene rings is 1. The van der Waals surface area contributed by atoms with Crippen molar-refractivity contribution in [2.24, 2.45) is 0 Å². The summed E-state index contributed by atoms with van der Waals surface area (Å²) in [5.41, 5.74) is 0.924. The summed E-state index contributed by atoms with van der Waals surface area (Å²) >= 11 is 0. The Balaban J connectivity index is 2.98. The van der Waals surface area contributed by atoms with Crippen molar-refractivity contribution in [3.8, 4) is 12.3 Å². The van der Waals surface area contributed by atoms with Crippen LogP contribution in [0.15, 0.2) is 24.3 Å². The zero-order valence-electron chi connectivity index (χ0n) is 9.29. The Hall–Kier alpha value is -1.75. The Morgan fingerprint density at radius 2 is 1.93 bits per heavy atom. The van der Waals surface area contributed by atoms with Crippen LogP contribution >= 0.6 is 0 Å². The van der Waals surface area contributed by atoms with Crippen molar-refractivity contribution in [2.75, 3.05) is 0 Å². The normalized spacial score (nSPS) is 10.5. The van der Waals surface area contributed by atoms with Gasteiger partial charge in [0.25, 0.3) is 5.91 Å². The minimum atomic E-state index is -0.251. The summed E-state index contributed by atoms with van der Waals surface area (Å²) in [5, 5.41) is 2.88. The van der Waals surface area contributed by atoms with Gasteiger partial charge in [0, 0.05) is 11.1 Å². The van der Waals surface area contributed by atoms with Gasteiger partial charge in [0.15, 0.2) is 0 Å². The van der Waals surface area contributed by atoms with Gasteiger partial charge < -0.3 is 5.32 Å². The first-order valence-electron chi connectivity index (χ1n) is 4.82. The fourth-order valence-corrected chi connectivity index (χ4v) is 1.21.